The first-order valence-corrected chi connectivity index (χ1v) is 7.80. The highest BCUT2D eigenvalue weighted by Gasteiger charge is 2.22. The molecular weight excluding hydrogens is 290 g/mol. The second kappa shape index (κ2) is 7.73. The molecule has 1 aromatic heterocycles. The number of piperazine rings is 1. The molecule has 1 saturated heterocycles. The highest BCUT2D eigenvalue weighted by atomic mass is 35.5. The van der Waals surface area contributed by atoms with Gasteiger partial charge in [0.05, 0.1) is 6.61 Å². The van der Waals surface area contributed by atoms with Crippen LogP contribution in [0.1, 0.15) is 29.4 Å². The Labute approximate surface area is 130 Å². The van der Waals surface area contributed by atoms with Gasteiger partial charge in [0.1, 0.15) is 5.15 Å². The Kier molecular flexibility index (Phi) is 5.96. The minimum atomic E-state index is 0.0142. The number of halogens is 1. The number of nitrogens with zero attached hydrogens (tertiary/aromatic N) is 3. The van der Waals surface area contributed by atoms with Crippen molar-refractivity contribution in [3.63, 3.8) is 0 Å². The van der Waals surface area contributed by atoms with Gasteiger partial charge in [-0.2, -0.15) is 0 Å². The fourth-order valence-corrected chi connectivity index (χ4v) is 2.78. The summed E-state index contributed by atoms with van der Waals surface area (Å²) < 4.78 is 0. The van der Waals surface area contributed by atoms with Gasteiger partial charge < -0.3 is 10.0 Å². The summed E-state index contributed by atoms with van der Waals surface area (Å²) in [6.07, 6.45) is 1.80. The number of rotatable bonds is 5. The monoisotopic (exact) mass is 311 g/mol. The Balaban J connectivity index is 2.03. The maximum atomic E-state index is 12.5. The molecule has 2 rings (SSSR count). The second-order valence-electron chi connectivity index (χ2n) is 5.28. The molecule has 1 N–H and O–H groups in total. The lowest BCUT2D eigenvalue weighted by molar-refractivity contribution is 0.0614. The van der Waals surface area contributed by atoms with Gasteiger partial charge in [0.2, 0.25) is 0 Å². The Morgan fingerprint density at radius 2 is 2.05 bits per heavy atom. The van der Waals surface area contributed by atoms with E-state index in [0.717, 1.165) is 31.6 Å². The number of amides is 1. The predicted molar refractivity (Wildman–Crippen MR) is 82.7 cm³/mol. The minimum absolute atomic E-state index is 0.0142. The zero-order valence-electron chi connectivity index (χ0n) is 12.4. The summed E-state index contributed by atoms with van der Waals surface area (Å²) in [5.74, 6) is 0.0142. The van der Waals surface area contributed by atoms with Crippen LogP contribution in [0.5, 0.6) is 0 Å². The molecule has 0 unspecified atom stereocenters. The van der Waals surface area contributed by atoms with Crippen LogP contribution in [0.2, 0.25) is 5.15 Å². The number of pyridine rings is 1. The molecule has 0 aliphatic carbocycles. The molecular formula is C15H22ClN3O2. The summed E-state index contributed by atoms with van der Waals surface area (Å²) in [6, 6.07) is 3.49. The van der Waals surface area contributed by atoms with Crippen molar-refractivity contribution in [3.05, 3.63) is 28.5 Å². The van der Waals surface area contributed by atoms with Crippen LogP contribution in [0, 0.1) is 0 Å². The number of β-amino-alcohol motifs (C(OH)–C–C–N with tert-alkyl or cyclic N) is 1. The third-order valence-electron chi connectivity index (χ3n) is 3.68. The summed E-state index contributed by atoms with van der Waals surface area (Å²) in [7, 11) is 0. The van der Waals surface area contributed by atoms with Gasteiger partial charge in [0.25, 0.3) is 5.91 Å². The van der Waals surface area contributed by atoms with Crippen LogP contribution in [0.15, 0.2) is 12.1 Å². The van der Waals surface area contributed by atoms with E-state index >= 15 is 0 Å². The first-order chi connectivity index (χ1) is 10.1. The second-order valence-corrected chi connectivity index (χ2v) is 5.66. The van der Waals surface area contributed by atoms with Crippen LogP contribution in [0.4, 0.5) is 0 Å². The number of carbonyl (C=O) groups excluding carboxylic acids is 1. The van der Waals surface area contributed by atoms with Crippen molar-refractivity contribution in [2.75, 3.05) is 39.3 Å². The van der Waals surface area contributed by atoms with E-state index in [-0.39, 0.29) is 12.5 Å². The maximum absolute atomic E-state index is 12.5. The molecule has 2 heterocycles. The molecule has 0 saturated carbocycles. The quantitative estimate of drug-likeness (QED) is 0.836. The van der Waals surface area contributed by atoms with E-state index in [0.29, 0.717) is 30.4 Å². The van der Waals surface area contributed by atoms with Crippen LogP contribution in [-0.4, -0.2) is 65.1 Å². The van der Waals surface area contributed by atoms with Gasteiger partial charge in [-0.05, 0) is 18.6 Å². The normalized spacial score (nSPS) is 16.2. The van der Waals surface area contributed by atoms with Crippen LogP contribution < -0.4 is 0 Å². The average Bonchev–Trinajstić information content (AvgIpc) is 2.47. The van der Waals surface area contributed by atoms with Crippen molar-refractivity contribution in [1.29, 1.82) is 0 Å². The summed E-state index contributed by atoms with van der Waals surface area (Å²) in [5, 5.41) is 9.32. The Morgan fingerprint density at radius 1 is 1.33 bits per heavy atom. The molecule has 5 nitrogen and oxygen atoms in total. The van der Waals surface area contributed by atoms with Crippen LogP contribution in [-0.2, 0) is 6.42 Å². The van der Waals surface area contributed by atoms with Gasteiger partial charge in [0, 0.05) is 44.0 Å². The lowest BCUT2D eigenvalue weighted by atomic mass is 10.1. The molecule has 0 aromatic carbocycles. The number of hydrogen-bond acceptors (Lipinski definition) is 4. The summed E-state index contributed by atoms with van der Waals surface area (Å²) in [4.78, 5) is 20.8. The molecule has 6 heteroatoms. The molecule has 21 heavy (non-hydrogen) atoms. The summed E-state index contributed by atoms with van der Waals surface area (Å²) in [5.41, 5.74) is 1.49. The summed E-state index contributed by atoms with van der Waals surface area (Å²) >= 11 is 6.02. The van der Waals surface area contributed by atoms with Crippen molar-refractivity contribution in [2.24, 2.45) is 0 Å². The van der Waals surface area contributed by atoms with Crippen molar-refractivity contribution < 1.29 is 9.90 Å². The Hall–Kier alpha value is -1.17. The molecule has 0 bridgehead atoms. The van der Waals surface area contributed by atoms with E-state index < -0.39 is 0 Å². The van der Waals surface area contributed by atoms with Gasteiger partial charge in [-0.3, -0.25) is 9.69 Å². The lowest BCUT2D eigenvalue weighted by Gasteiger charge is -2.34. The van der Waals surface area contributed by atoms with E-state index in [4.69, 9.17) is 16.7 Å². The molecule has 116 valence electrons. The third-order valence-corrected chi connectivity index (χ3v) is 3.87. The first-order valence-electron chi connectivity index (χ1n) is 7.43. The van der Waals surface area contributed by atoms with E-state index in [1.165, 1.54) is 0 Å². The summed E-state index contributed by atoms with van der Waals surface area (Å²) in [6.45, 7) is 5.87. The van der Waals surface area contributed by atoms with E-state index in [1.807, 2.05) is 11.0 Å². The van der Waals surface area contributed by atoms with E-state index in [2.05, 4.69) is 16.8 Å². The molecule has 1 fully saturated rings. The molecule has 1 amide bonds. The van der Waals surface area contributed by atoms with Gasteiger partial charge in [-0.25, -0.2) is 4.98 Å². The smallest absolute Gasteiger partial charge is 0.254 e. The zero-order chi connectivity index (χ0) is 15.2. The molecule has 1 aromatic rings. The number of aryl methyl sites for hydroxylation is 1. The molecule has 0 atom stereocenters. The number of hydrogen-bond donors (Lipinski definition) is 1. The van der Waals surface area contributed by atoms with Crippen LogP contribution in [0.25, 0.3) is 0 Å². The largest absolute Gasteiger partial charge is 0.395 e. The van der Waals surface area contributed by atoms with E-state index in [9.17, 15) is 4.79 Å². The Bertz CT molecular complexity index is 488. The van der Waals surface area contributed by atoms with Crippen LogP contribution in [0.3, 0.4) is 0 Å². The van der Waals surface area contributed by atoms with Gasteiger partial charge in [-0.15, -0.1) is 0 Å². The van der Waals surface area contributed by atoms with Crippen LogP contribution >= 0.6 is 11.6 Å². The molecule has 1 aliphatic rings. The highest BCUT2D eigenvalue weighted by molar-refractivity contribution is 6.29. The predicted octanol–water partition coefficient (Wildman–Crippen LogP) is 1.44. The standard InChI is InChI=1S/C15H22ClN3O2/c1-2-3-13-10-12(11-14(16)17-13)15(21)19-6-4-18(5-7-19)8-9-20/h10-11,20H,2-9H2,1H3. The van der Waals surface area contributed by atoms with Crippen molar-refractivity contribution >= 4 is 17.5 Å². The average molecular weight is 312 g/mol. The Morgan fingerprint density at radius 3 is 2.67 bits per heavy atom. The topological polar surface area (TPSA) is 56.7 Å². The molecule has 0 spiro atoms. The molecule has 1 aliphatic heterocycles. The van der Waals surface area contributed by atoms with Crippen molar-refractivity contribution in [2.45, 2.75) is 19.8 Å². The fraction of sp³-hybridized carbons (Fsp3) is 0.600. The maximum Gasteiger partial charge on any atom is 0.254 e. The fourth-order valence-electron chi connectivity index (χ4n) is 2.56. The number of aromatic nitrogens is 1. The van der Waals surface area contributed by atoms with Crippen molar-refractivity contribution in [1.82, 2.24) is 14.8 Å². The first kappa shape index (κ1) is 16.2. The van der Waals surface area contributed by atoms with E-state index in [1.54, 1.807) is 6.07 Å². The zero-order valence-corrected chi connectivity index (χ0v) is 13.1. The number of carbonyl (C=O) groups is 1. The lowest BCUT2D eigenvalue weighted by Crippen LogP contribution is -2.49. The van der Waals surface area contributed by atoms with Gasteiger partial charge in [-0.1, -0.05) is 24.9 Å². The highest BCUT2D eigenvalue weighted by Crippen LogP contribution is 2.15. The SMILES string of the molecule is CCCc1cc(C(=O)N2CCN(CCO)CC2)cc(Cl)n1. The third kappa shape index (κ3) is 4.40. The van der Waals surface area contributed by atoms with Gasteiger partial charge >= 0.3 is 0 Å². The number of aliphatic hydroxyl groups excluding tert-OH is 1. The number of aliphatic hydroxyl groups is 1. The minimum Gasteiger partial charge on any atom is -0.395 e. The molecule has 0 radical (unpaired) electrons. The van der Waals surface area contributed by atoms with Crippen molar-refractivity contribution in [3.8, 4) is 0 Å². The van der Waals surface area contributed by atoms with Gasteiger partial charge in [0.15, 0.2) is 0 Å².